The van der Waals surface area contributed by atoms with E-state index in [-0.39, 0.29) is 0 Å². The first-order chi connectivity index (χ1) is 12.3. The Kier molecular flexibility index (Phi) is 9.32. The molecule has 0 spiro atoms. The van der Waals surface area contributed by atoms with Crippen molar-refractivity contribution in [1.29, 1.82) is 0 Å². The van der Waals surface area contributed by atoms with E-state index in [1.807, 2.05) is 7.05 Å². The number of aliphatic imine (C=N–C) groups is 1. The molecule has 0 unspecified atom stereocenters. The van der Waals surface area contributed by atoms with Crippen LogP contribution in [0.3, 0.4) is 0 Å². The van der Waals surface area contributed by atoms with E-state index in [1.165, 1.54) is 5.56 Å². The van der Waals surface area contributed by atoms with Gasteiger partial charge in [0.1, 0.15) is 5.84 Å². The first-order valence-corrected chi connectivity index (χ1v) is 8.45. The van der Waals surface area contributed by atoms with E-state index in [0.717, 1.165) is 45.1 Å². The van der Waals surface area contributed by atoms with Crippen molar-refractivity contribution in [2.45, 2.75) is 0 Å². The van der Waals surface area contributed by atoms with Crippen LogP contribution in [0.1, 0.15) is 5.56 Å². The average Bonchev–Trinajstić information content (AvgIpc) is 2.63. The molecule has 0 aliphatic carbocycles. The fourth-order valence-electron chi connectivity index (χ4n) is 2.57. The monoisotopic (exact) mass is 364 g/mol. The van der Waals surface area contributed by atoms with Crippen molar-refractivity contribution < 1.29 is 19.8 Å². The third-order valence-corrected chi connectivity index (χ3v) is 3.96. The van der Waals surface area contributed by atoms with Crippen LogP contribution in [0.4, 0.5) is 0 Å². The Bertz CT molecular complexity index is 584. The second-order valence-corrected chi connectivity index (χ2v) is 6.16. The SMILES string of the molecule is CN=C(c1ccccc1)N1CCN(CCN(C)C)CC1.O=C(O)C(=O)O. The van der Waals surface area contributed by atoms with E-state index in [1.54, 1.807) is 0 Å². The highest BCUT2D eigenvalue weighted by Crippen LogP contribution is 2.09. The Morgan fingerprint density at radius 1 is 1.04 bits per heavy atom. The molecule has 0 aromatic heterocycles. The quantitative estimate of drug-likeness (QED) is 0.453. The van der Waals surface area contributed by atoms with Gasteiger partial charge in [-0.15, -0.1) is 0 Å². The van der Waals surface area contributed by atoms with Crippen molar-refractivity contribution in [1.82, 2.24) is 14.7 Å². The number of carboxylic acids is 2. The van der Waals surface area contributed by atoms with Crippen LogP contribution in [0.2, 0.25) is 0 Å². The number of amidine groups is 1. The summed E-state index contributed by atoms with van der Waals surface area (Å²) >= 11 is 0. The number of carbonyl (C=O) groups is 2. The molecule has 0 atom stereocenters. The van der Waals surface area contributed by atoms with E-state index in [2.05, 4.69) is 64.1 Å². The number of aliphatic carboxylic acids is 2. The van der Waals surface area contributed by atoms with Gasteiger partial charge in [0.05, 0.1) is 0 Å². The largest absolute Gasteiger partial charge is 0.473 e. The minimum atomic E-state index is -1.82. The minimum Gasteiger partial charge on any atom is -0.473 e. The van der Waals surface area contributed by atoms with E-state index >= 15 is 0 Å². The fourth-order valence-corrected chi connectivity index (χ4v) is 2.57. The summed E-state index contributed by atoms with van der Waals surface area (Å²) in [5.41, 5.74) is 1.22. The molecule has 2 rings (SSSR count). The summed E-state index contributed by atoms with van der Waals surface area (Å²) in [6, 6.07) is 10.5. The smallest absolute Gasteiger partial charge is 0.414 e. The second kappa shape index (κ2) is 11.2. The number of piperazine rings is 1. The lowest BCUT2D eigenvalue weighted by molar-refractivity contribution is -0.159. The molecule has 0 radical (unpaired) electrons. The maximum Gasteiger partial charge on any atom is 0.414 e. The summed E-state index contributed by atoms with van der Waals surface area (Å²) in [4.78, 5) is 29.9. The maximum atomic E-state index is 9.10. The molecule has 2 N–H and O–H groups in total. The van der Waals surface area contributed by atoms with Gasteiger partial charge in [0.15, 0.2) is 0 Å². The Morgan fingerprint density at radius 3 is 2.00 bits per heavy atom. The van der Waals surface area contributed by atoms with E-state index < -0.39 is 11.9 Å². The zero-order chi connectivity index (χ0) is 19.5. The van der Waals surface area contributed by atoms with Crippen LogP contribution in [0, 0.1) is 0 Å². The minimum absolute atomic E-state index is 1.06. The molecule has 0 bridgehead atoms. The molecule has 1 heterocycles. The molecular weight excluding hydrogens is 336 g/mol. The molecule has 144 valence electrons. The zero-order valence-electron chi connectivity index (χ0n) is 15.6. The van der Waals surface area contributed by atoms with Gasteiger partial charge in [0.2, 0.25) is 0 Å². The zero-order valence-corrected chi connectivity index (χ0v) is 15.6. The van der Waals surface area contributed by atoms with Gasteiger partial charge in [-0.1, -0.05) is 30.3 Å². The lowest BCUT2D eigenvalue weighted by Gasteiger charge is -2.37. The molecule has 8 heteroatoms. The number of likely N-dealkylation sites (N-methyl/N-ethyl adjacent to an activating group) is 1. The summed E-state index contributed by atoms with van der Waals surface area (Å²) < 4.78 is 0. The predicted octanol–water partition coefficient (Wildman–Crippen LogP) is 0.398. The van der Waals surface area contributed by atoms with Gasteiger partial charge < -0.3 is 20.0 Å². The third kappa shape index (κ3) is 7.62. The lowest BCUT2D eigenvalue weighted by atomic mass is 10.1. The van der Waals surface area contributed by atoms with Crippen LogP contribution < -0.4 is 0 Å². The first kappa shape index (κ1) is 21.6. The molecule has 1 saturated heterocycles. The molecule has 1 aliphatic rings. The summed E-state index contributed by atoms with van der Waals surface area (Å²) in [7, 11) is 6.15. The molecule has 1 aromatic carbocycles. The van der Waals surface area contributed by atoms with Crippen molar-refractivity contribution in [3.8, 4) is 0 Å². The molecule has 1 fully saturated rings. The van der Waals surface area contributed by atoms with Crippen LogP contribution in [-0.2, 0) is 9.59 Å². The van der Waals surface area contributed by atoms with Crippen molar-refractivity contribution >= 4 is 17.8 Å². The summed E-state index contributed by atoms with van der Waals surface area (Å²) in [5, 5.41) is 14.8. The molecule has 1 aliphatic heterocycles. The van der Waals surface area contributed by atoms with Gasteiger partial charge in [-0.3, -0.25) is 9.89 Å². The topological polar surface area (TPSA) is 96.7 Å². The van der Waals surface area contributed by atoms with Crippen LogP contribution >= 0.6 is 0 Å². The van der Waals surface area contributed by atoms with E-state index in [9.17, 15) is 0 Å². The average molecular weight is 364 g/mol. The Labute approximate surface area is 154 Å². The summed E-state index contributed by atoms with van der Waals surface area (Å²) in [6.45, 7) is 6.67. The highest BCUT2D eigenvalue weighted by Gasteiger charge is 2.20. The van der Waals surface area contributed by atoms with Crippen LogP contribution in [-0.4, -0.2) is 103 Å². The summed E-state index contributed by atoms with van der Waals surface area (Å²) in [6.07, 6.45) is 0. The van der Waals surface area contributed by atoms with Crippen LogP contribution in [0.5, 0.6) is 0 Å². The van der Waals surface area contributed by atoms with Crippen LogP contribution in [0.25, 0.3) is 0 Å². The van der Waals surface area contributed by atoms with Crippen molar-refractivity contribution in [3.05, 3.63) is 35.9 Å². The highest BCUT2D eigenvalue weighted by molar-refractivity contribution is 6.27. The van der Waals surface area contributed by atoms with E-state index in [4.69, 9.17) is 19.8 Å². The second-order valence-electron chi connectivity index (χ2n) is 6.16. The predicted molar refractivity (Wildman–Crippen MR) is 101 cm³/mol. The molecule has 0 amide bonds. The fraction of sp³-hybridized carbons (Fsp3) is 0.500. The van der Waals surface area contributed by atoms with Gasteiger partial charge >= 0.3 is 11.9 Å². The molecular formula is C18H28N4O4. The lowest BCUT2D eigenvalue weighted by Crippen LogP contribution is -2.50. The van der Waals surface area contributed by atoms with Crippen molar-refractivity contribution in [3.63, 3.8) is 0 Å². The number of nitrogens with zero attached hydrogens (tertiary/aromatic N) is 4. The van der Waals surface area contributed by atoms with Crippen molar-refractivity contribution in [2.75, 3.05) is 60.4 Å². The first-order valence-electron chi connectivity index (χ1n) is 8.45. The molecule has 1 aromatic rings. The normalized spacial score (nSPS) is 15.4. The number of hydrogen-bond donors (Lipinski definition) is 2. The Balaban J connectivity index is 0.000000487. The maximum absolute atomic E-state index is 9.10. The number of hydrogen-bond acceptors (Lipinski definition) is 5. The van der Waals surface area contributed by atoms with Gasteiger partial charge in [-0.05, 0) is 14.1 Å². The van der Waals surface area contributed by atoms with Crippen LogP contribution in [0.15, 0.2) is 35.3 Å². The number of benzene rings is 1. The Morgan fingerprint density at radius 2 is 1.58 bits per heavy atom. The standard InChI is InChI=1S/C16H26N4.C2H2O4/c1-17-16(15-7-5-4-6-8-15)20-13-11-19(12-14-20)10-9-18(2)3;3-1(4)2(5)6/h4-8H,9-14H2,1-3H3;(H,3,4)(H,5,6). The van der Waals surface area contributed by atoms with E-state index in [0.29, 0.717) is 0 Å². The van der Waals surface area contributed by atoms with Gasteiger partial charge in [0, 0.05) is 51.9 Å². The number of carboxylic acid groups (broad SMARTS) is 2. The Hall–Kier alpha value is -2.45. The van der Waals surface area contributed by atoms with Crippen molar-refractivity contribution in [2.24, 2.45) is 4.99 Å². The van der Waals surface area contributed by atoms with Gasteiger partial charge in [0.25, 0.3) is 0 Å². The molecule has 0 saturated carbocycles. The highest BCUT2D eigenvalue weighted by atomic mass is 16.4. The molecule has 8 nitrogen and oxygen atoms in total. The third-order valence-electron chi connectivity index (χ3n) is 3.96. The van der Waals surface area contributed by atoms with Gasteiger partial charge in [-0.2, -0.15) is 0 Å². The molecule has 26 heavy (non-hydrogen) atoms. The summed E-state index contributed by atoms with van der Waals surface area (Å²) in [5.74, 6) is -2.53. The number of rotatable bonds is 4. The van der Waals surface area contributed by atoms with Gasteiger partial charge in [-0.25, -0.2) is 9.59 Å².